The predicted octanol–water partition coefficient (Wildman–Crippen LogP) is 3.78. The van der Waals surface area contributed by atoms with Crippen LogP contribution in [0.15, 0.2) is 24.4 Å². The zero-order valence-electron chi connectivity index (χ0n) is 15.2. The van der Waals surface area contributed by atoms with Gasteiger partial charge < -0.3 is 25.5 Å². The van der Waals surface area contributed by atoms with Crippen LogP contribution in [0.5, 0.6) is 0 Å². The monoisotopic (exact) mass is 370 g/mol. The predicted molar refractivity (Wildman–Crippen MR) is 103 cm³/mol. The molecule has 2 aliphatic rings. The SMILES string of the molecule is C[C@@H]1CC2(CCC1Nc1ncc(N)c3[nH]c4ccc(F)cc4c13)OCCO2. The van der Waals surface area contributed by atoms with E-state index in [1.54, 1.807) is 12.3 Å². The van der Waals surface area contributed by atoms with Gasteiger partial charge in [-0.1, -0.05) is 6.92 Å². The molecule has 1 aliphatic carbocycles. The highest BCUT2D eigenvalue weighted by molar-refractivity contribution is 6.15. The summed E-state index contributed by atoms with van der Waals surface area (Å²) in [6.07, 6.45) is 4.28. The van der Waals surface area contributed by atoms with Crippen LogP contribution in [0, 0.1) is 11.7 Å². The summed E-state index contributed by atoms with van der Waals surface area (Å²) in [5.74, 6) is 0.399. The van der Waals surface area contributed by atoms with E-state index >= 15 is 0 Å². The van der Waals surface area contributed by atoms with Crippen LogP contribution in [0.3, 0.4) is 0 Å². The Balaban J connectivity index is 1.51. The molecular weight excluding hydrogens is 347 g/mol. The number of nitrogens with one attached hydrogen (secondary N) is 2. The van der Waals surface area contributed by atoms with Gasteiger partial charge in [0.15, 0.2) is 5.79 Å². The van der Waals surface area contributed by atoms with E-state index in [1.807, 2.05) is 0 Å². The fourth-order valence-electron chi connectivity index (χ4n) is 4.54. The van der Waals surface area contributed by atoms with Crippen molar-refractivity contribution in [3.8, 4) is 0 Å². The third-order valence-electron chi connectivity index (χ3n) is 5.91. The highest BCUT2D eigenvalue weighted by Gasteiger charge is 2.43. The summed E-state index contributed by atoms with van der Waals surface area (Å²) in [6.45, 7) is 3.55. The second kappa shape index (κ2) is 6.07. The van der Waals surface area contributed by atoms with Crippen LogP contribution in [0.2, 0.25) is 0 Å². The van der Waals surface area contributed by atoms with Crippen LogP contribution in [0.4, 0.5) is 15.9 Å². The lowest BCUT2D eigenvalue weighted by Crippen LogP contribution is -2.44. The standard InChI is InChI=1S/C20H23FN4O2/c1-11-9-20(26-6-7-27-20)5-4-15(11)25-19-17-13-8-12(21)2-3-16(13)24-18(17)14(22)10-23-19/h2-3,8,10-11,15,24H,4-7,9,22H2,1H3,(H,23,25)/t11-,15?/m1/s1. The third-order valence-corrected chi connectivity index (χ3v) is 5.91. The second-order valence-corrected chi connectivity index (χ2v) is 7.71. The Morgan fingerprint density at radius 3 is 2.93 bits per heavy atom. The number of hydrogen-bond acceptors (Lipinski definition) is 5. The van der Waals surface area contributed by atoms with Crippen LogP contribution in [-0.2, 0) is 9.47 Å². The molecule has 27 heavy (non-hydrogen) atoms. The summed E-state index contributed by atoms with van der Waals surface area (Å²) in [5, 5.41) is 5.21. The molecule has 5 rings (SSSR count). The zero-order chi connectivity index (χ0) is 18.6. The van der Waals surface area contributed by atoms with Gasteiger partial charge in [-0.05, 0) is 30.5 Å². The number of H-pyrrole nitrogens is 1. The van der Waals surface area contributed by atoms with Gasteiger partial charge >= 0.3 is 0 Å². The molecule has 4 N–H and O–H groups in total. The minimum atomic E-state index is -0.411. The van der Waals surface area contributed by atoms with Gasteiger partial charge in [-0.3, -0.25) is 0 Å². The van der Waals surface area contributed by atoms with Gasteiger partial charge in [-0.2, -0.15) is 0 Å². The molecule has 1 unspecified atom stereocenters. The quantitative estimate of drug-likeness (QED) is 0.639. The molecule has 0 radical (unpaired) electrons. The lowest BCUT2D eigenvalue weighted by atomic mass is 9.81. The number of halogens is 1. The maximum atomic E-state index is 13.9. The summed E-state index contributed by atoms with van der Waals surface area (Å²) in [5.41, 5.74) is 8.30. The number of aromatic amines is 1. The maximum absolute atomic E-state index is 13.9. The first-order valence-electron chi connectivity index (χ1n) is 9.44. The van der Waals surface area contributed by atoms with Crippen LogP contribution >= 0.6 is 0 Å². The molecule has 2 aromatic heterocycles. The first kappa shape index (κ1) is 16.8. The first-order valence-corrected chi connectivity index (χ1v) is 9.44. The Hall–Kier alpha value is -2.38. The Bertz CT molecular complexity index is 1010. The molecule has 7 heteroatoms. The number of hydrogen-bond donors (Lipinski definition) is 3. The van der Waals surface area contributed by atoms with Crippen LogP contribution in [-0.4, -0.2) is 35.0 Å². The minimum Gasteiger partial charge on any atom is -0.396 e. The van der Waals surface area contributed by atoms with Crippen molar-refractivity contribution in [3.05, 3.63) is 30.2 Å². The average Bonchev–Trinajstić information content (AvgIpc) is 3.25. The van der Waals surface area contributed by atoms with E-state index < -0.39 is 5.79 Å². The van der Waals surface area contributed by atoms with Gasteiger partial charge in [-0.15, -0.1) is 0 Å². The summed E-state index contributed by atoms with van der Waals surface area (Å²) in [4.78, 5) is 7.83. The Labute approximate surface area is 156 Å². The number of fused-ring (bicyclic) bond motifs is 3. The molecule has 1 aliphatic heterocycles. The number of nitrogens with zero attached hydrogens (tertiary/aromatic N) is 1. The molecule has 0 bridgehead atoms. The summed E-state index contributed by atoms with van der Waals surface area (Å²) in [6, 6.07) is 4.94. The Kier molecular flexibility index (Phi) is 3.77. The molecule has 2 atom stereocenters. The molecule has 1 aromatic carbocycles. The number of nitrogens with two attached hydrogens (primary N) is 1. The van der Waals surface area contributed by atoms with Crippen molar-refractivity contribution >= 4 is 33.3 Å². The topological polar surface area (TPSA) is 85.2 Å². The smallest absolute Gasteiger partial charge is 0.168 e. The summed E-state index contributed by atoms with van der Waals surface area (Å²) < 4.78 is 25.6. The molecule has 2 fully saturated rings. The van der Waals surface area contributed by atoms with Crippen molar-refractivity contribution in [1.29, 1.82) is 0 Å². The van der Waals surface area contributed by atoms with Crippen molar-refractivity contribution in [2.24, 2.45) is 5.92 Å². The van der Waals surface area contributed by atoms with Crippen LogP contribution in [0.1, 0.15) is 26.2 Å². The molecule has 3 aromatic rings. The van der Waals surface area contributed by atoms with Crippen molar-refractivity contribution < 1.29 is 13.9 Å². The molecule has 0 amide bonds. The normalized spacial score (nSPS) is 24.8. The van der Waals surface area contributed by atoms with E-state index in [1.165, 1.54) is 12.1 Å². The lowest BCUT2D eigenvalue weighted by molar-refractivity contribution is -0.186. The third kappa shape index (κ3) is 2.73. The van der Waals surface area contributed by atoms with Gasteiger partial charge in [0, 0.05) is 29.8 Å². The fraction of sp³-hybridized carbons (Fsp3) is 0.450. The van der Waals surface area contributed by atoms with E-state index in [2.05, 4.69) is 22.2 Å². The van der Waals surface area contributed by atoms with E-state index in [9.17, 15) is 4.39 Å². The lowest BCUT2D eigenvalue weighted by Gasteiger charge is -2.40. The van der Waals surface area contributed by atoms with Crippen molar-refractivity contribution in [1.82, 2.24) is 9.97 Å². The highest BCUT2D eigenvalue weighted by atomic mass is 19.1. The Morgan fingerprint density at radius 1 is 1.33 bits per heavy atom. The molecule has 142 valence electrons. The molecule has 1 saturated carbocycles. The number of anilines is 2. The van der Waals surface area contributed by atoms with Gasteiger partial charge in [0.25, 0.3) is 0 Å². The molecule has 1 saturated heterocycles. The van der Waals surface area contributed by atoms with E-state index in [-0.39, 0.29) is 11.9 Å². The van der Waals surface area contributed by atoms with Crippen LogP contribution in [0.25, 0.3) is 21.8 Å². The average molecular weight is 370 g/mol. The number of nitrogen functional groups attached to an aromatic ring is 1. The number of ether oxygens (including phenoxy) is 2. The number of rotatable bonds is 2. The van der Waals surface area contributed by atoms with E-state index in [0.29, 0.717) is 24.8 Å². The van der Waals surface area contributed by atoms with Gasteiger partial charge in [0.05, 0.1) is 36.0 Å². The summed E-state index contributed by atoms with van der Waals surface area (Å²) >= 11 is 0. The second-order valence-electron chi connectivity index (χ2n) is 7.71. The van der Waals surface area contributed by atoms with Gasteiger partial charge in [0.1, 0.15) is 11.6 Å². The number of benzene rings is 1. The highest BCUT2D eigenvalue weighted by Crippen LogP contribution is 2.41. The molecule has 3 heterocycles. The van der Waals surface area contributed by atoms with Crippen LogP contribution < -0.4 is 11.1 Å². The Morgan fingerprint density at radius 2 is 2.15 bits per heavy atom. The minimum absolute atomic E-state index is 0.237. The maximum Gasteiger partial charge on any atom is 0.168 e. The van der Waals surface area contributed by atoms with Crippen molar-refractivity contribution in [3.63, 3.8) is 0 Å². The van der Waals surface area contributed by atoms with E-state index in [4.69, 9.17) is 15.2 Å². The largest absolute Gasteiger partial charge is 0.396 e. The summed E-state index contributed by atoms with van der Waals surface area (Å²) in [7, 11) is 0. The number of pyridine rings is 1. The molecule has 6 nitrogen and oxygen atoms in total. The van der Waals surface area contributed by atoms with E-state index in [0.717, 1.165) is 46.9 Å². The molecular formula is C20H23FN4O2. The van der Waals surface area contributed by atoms with Crippen molar-refractivity contribution in [2.45, 2.75) is 38.0 Å². The van der Waals surface area contributed by atoms with Gasteiger partial charge in [0.2, 0.25) is 0 Å². The molecule has 1 spiro atoms. The number of aromatic nitrogens is 2. The first-order chi connectivity index (χ1) is 13.0. The zero-order valence-corrected chi connectivity index (χ0v) is 15.2. The van der Waals surface area contributed by atoms with Crippen molar-refractivity contribution in [2.75, 3.05) is 24.3 Å². The fourth-order valence-corrected chi connectivity index (χ4v) is 4.54. The van der Waals surface area contributed by atoms with Gasteiger partial charge in [-0.25, -0.2) is 9.37 Å².